The molecule has 3 aromatic carbocycles. The minimum atomic E-state index is -0.625. The molecule has 0 saturated carbocycles. The van der Waals surface area contributed by atoms with Gasteiger partial charge in [-0.1, -0.05) is 35.9 Å². The lowest BCUT2D eigenvalue weighted by molar-refractivity contribution is -0.147. The van der Waals surface area contributed by atoms with Crippen LogP contribution in [0.25, 0.3) is 21.5 Å². The highest BCUT2D eigenvalue weighted by molar-refractivity contribution is 6.31. The summed E-state index contributed by atoms with van der Waals surface area (Å²) in [7, 11) is 0. The van der Waals surface area contributed by atoms with Crippen LogP contribution in [0.15, 0.2) is 42.5 Å². The monoisotopic (exact) mass is 448 g/mol. The van der Waals surface area contributed by atoms with Gasteiger partial charge in [0.1, 0.15) is 24.7 Å². The number of carbonyl (C=O) groups is 2. The Bertz CT molecular complexity index is 1080. The van der Waals surface area contributed by atoms with E-state index >= 15 is 0 Å². The van der Waals surface area contributed by atoms with Crippen LogP contribution in [-0.4, -0.2) is 61.8 Å². The summed E-state index contributed by atoms with van der Waals surface area (Å²) in [6.07, 6.45) is 0. The summed E-state index contributed by atoms with van der Waals surface area (Å²) >= 11 is 6.20. The van der Waals surface area contributed by atoms with Gasteiger partial charge in [-0.05, 0) is 18.2 Å². The van der Waals surface area contributed by atoms with E-state index < -0.39 is 11.9 Å². The summed E-state index contributed by atoms with van der Waals surface area (Å²) in [5, 5.41) is 20.5. The number of hydrogen-bond acceptors (Lipinski definition) is 8. The molecule has 0 aliphatic rings. The molecule has 3 rings (SSSR count). The van der Waals surface area contributed by atoms with Crippen molar-refractivity contribution in [2.75, 3.05) is 39.6 Å². The van der Waals surface area contributed by atoms with Crippen LogP contribution in [0.3, 0.4) is 0 Å². The van der Waals surface area contributed by atoms with Crippen molar-refractivity contribution in [2.24, 2.45) is 0 Å². The maximum Gasteiger partial charge on any atom is 0.344 e. The molecular formula is C22H21ClO8. The van der Waals surface area contributed by atoms with Crippen LogP contribution in [0.1, 0.15) is 0 Å². The Morgan fingerprint density at radius 3 is 1.74 bits per heavy atom. The molecule has 0 aliphatic carbocycles. The average Bonchev–Trinajstić information content (AvgIpc) is 2.78. The standard InChI is InChI=1S/C22H21ClO8/c23-14-5-6-17-18(11-14)22(31-13-20(27)29-10-8-25)16-4-2-1-3-15(16)21(17)30-12-19(26)28-9-7-24/h1-6,11,24-25H,7-10,12-13H2. The number of benzene rings is 3. The molecule has 0 aliphatic heterocycles. The van der Waals surface area contributed by atoms with Crippen LogP contribution in [0.4, 0.5) is 0 Å². The van der Waals surface area contributed by atoms with Crippen molar-refractivity contribution >= 4 is 45.1 Å². The first-order valence-electron chi connectivity index (χ1n) is 9.47. The third-order valence-corrected chi connectivity index (χ3v) is 4.50. The SMILES string of the molecule is O=C(COc1c2ccccc2c(OCC(=O)OCCO)c2cc(Cl)ccc12)OCCO. The molecule has 0 atom stereocenters. The maximum absolute atomic E-state index is 11.9. The first kappa shape index (κ1) is 22.6. The zero-order valence-corrected chi connectivity index (χ0v) is 17.3. The minimum Gasteiger partial charge on any atom is -0.481 e. The van der Waals surface area contributed by atoms with Crippen molar-refractivity contribution in [2.45, 2.75) is 0 Å². The molecule has 31 heavy (non-hydrogen) atoms. The third-order valence-electron chi connectivity index (χ3n) is 4.26. The van der Waals surface area contributed by atoms with E-state index in [4.69, 9.17) is 40.8 Å². The Labute approximate surface area is 182 Å². The Balaban J connectivity index is 2.03. The number of aliphatic hydroxyl groups is 2. The van der Waals surface area contributed by atoms with E-state index in [0.29, 0.717) is 38.1 Å². The van der Waals surface area contributed by atoms with Gasteiger partial charge in [0, 0.05) is 26.6 Å². The fourth-order valence-corrected chi connectivity index (χ4v) is 3.22. The van der Waals surface area contributed by atoms with Crippen LogP contribution in [0.5, 0.6) is 11.5 Å². The number of esters is 2. The molecule has 2 N–H and O–H groups in total. The number of halogens is 1. The highest BCUT2D eigenvalue weighted by Crippen LogP contribution is 2.43. The Morgan fingerprint density at radius 2 is 1.23 bits per heavy atom. The van der Waals surface area contributed by atoms with Crippen LogP contribution < -0.4 is 9.47 Å². The van der Waals surface area contributed by atoms with Gasteiger partial charge in [-0.2, -0.15) is 0 Å². The highest BCUT2D eigenvalue weighted by Gasteiger charge is 2.18. The van der Waals surface area contributed by atoms with E-state index in [1.54, 1.807) is 42.5 Å². The van der Waals surface area contributed by atoms with Gasteiger partial charge in [-0.15, -0.1) is 0 Å². The molecule has 0 spiro atoms. The largest absolute Gasteiger partial charge is 0.481 e. The Kier molecular flexibility index (Phi) is 7.88. The molecule has 164 valence electrons. The topological polar surface area (TPSA) is 112 Å². The number of hydrogen-bond donors (Lipinski definition) is 2. The molecule has 0 aromatic heterocycles. The summed E-state index contributed by atoms with van der Waals surface area (Å²) < 4.78 is 21.3. The van der Waals surface area contributed by atoms with Gasteiger partial charge in [0.05, 0.1) is 13.2 Å². The zero-order chi connectivity index (χ0) is 22.2. The lowest BCUT2D eigenvalue weighted by Crippen LogP contribution is -2.18. The molecule has 0 radical (unpaired) electrons. The molecule has 0 bridgehead atoms. The van der Waals surface area contributed by atoms with E-state index in [-0.39, 0.29) is 39.6 Å². The molecule has 0 unspecified atom stereocenters. The average molecular weight is 449 g/mol. The second-order valence-electron chi connectivity index (χ2n) is 6.36. The second kappa shape index (κ2) is 10.8. The van der Waals surface area contributed by atoms with Gasteiger partial charge in [-0.25, -0.2) is 9.59 Å². The number of carbonyl (C=O) groups excluding carboxylic acids is 2. The molecule has 9 heteroatoms. The predicted octanol–water partition coefficient (Wildman–Crippen LogP) is 2.48. The van der Waals surface area contributed by atoms with Crippen LogP contribution in [-0.2, 0) is 19.1 Å². The van der Waals surface area contributed by atoms with Crippen molar-refractivity contribution in [3.8, 4) is 11.5 Å². The smallest absolute Gasteiger partial charge is 0.344 e. The summed E-state index contributed by atoms with van der Waals surface area (Å²) in [4.78, 5) is 23.7. The van der Waals surface area contributed by atoms with E-state index in [9.17, 15) is 9.59 Å². The fourth-order valence-electron chi connectivity index (χ4n) is 3.05. The first-order chi connectivity index (χ1) is 15.0. The number of aliphatic hydroxyl groups excluding tert-OH is 2. The lowest BCUT2D eigenvalue weighted by atomic mass is 10.0. The van der Waals surface area contributed by atoms with Gasteiger partial charge in [0.25, 0.3) is 0 Å². The highest BCUT2D eigenvalue weighted by atomic mass is 35.5. The van der Waals surface area contributed by atoms with Crippen molar-refractivity contribution in [3.05, 3.63) is 47.5 Å². The molecule has 0 fully saturated rings. The molecule has 3 aromatic rings. The molecular weight excluding hydrogens is 428 g/mol. The summed E-state index contributed by atoms with van der Waals surface area (Å²) in [6, 6.07) is 12.3. The van der Waals surface area contributed by atoms with Crippen molar-refractivity contribution in [1.82, 2.24) is 0 Å². The van der Waals surface area contributed by atoms with Crippen molar-refractivity contribution < 1.29 is 38.7 Å². The maximum atomic E-state index is 11.9. The predicted molar refractivity (Wildman–Crippen MR) is 114 cm³/mol. The van der Waals surface area contributed by atoms with Gasteiger partial charge in [0.15, 0.2) is 13.2 Å². The summed E-state index contributed by atoms with van der Waals surface area (Å²) in [5.41, 5.74) is 0. The van der Waals surface area contributed by atoms with E-state index in [0.717, 1.165) is 0 Å². The molecule has 0 heterocycles. The Hall–Kier alpha value is -3.07. The normalized spacial score (nSPS) is 10.8. The van der Waals surface area contributed by atoms with Gasteiger partial charge >= 0.3 is 11.9 Å². The van der Waals surface area contributed by atoms with E-state index in [2.05, 4.69) is 0 Å². The minimum absolute atomic E-state index is 0.113. The van der Waals surface area contributed by atoms with Gasteiger partial charge in [-0.3, -0.25) is 0 Å². The summed E-state index contributed by atoms with van der Waals surface area (Å²) in [5.74, 6) is -0.407. The zero-order valence-electron chi connectivity index (χ0n) is 16.5. The van der Waals surface area contributed by atoms with Crippen LogP contribution >= 0.6 is 11.6 Å². The van der Waals surface area contributed by atoms with Gasteiger partial charge < -0.3 is 29.2 Å². The van der Waals surface area contributed by atoms with Crippen LogP contribution in [0.2, 0.25) is 5.02 Å². The Morgan fingerprint density at radius 1 is 0.742 bits per heavy atom. The first-order valence-corrected chi connectivity index (χ1v) is 9.85. The van der Waals surface area contributed by atoms with Gasteiger partial charge in [0.2, 0.25) is 0 Å². The lowest BCUT2D eigenvalue weighted by Gasteiger charge is -2.17. The number of fused-ring (bicyclic) bond motifs is 2. The number of ether oxygens (including phenoxy) is 4. The molecule has 0 amide bonds. The second-order valence-corrected chi connectivity index (χ2v) is 6.80. The van der Waals surface area contributed by atoms with Crippen molar-refractivity contribution in [1.29, 1.82) is 0 Å². The summed E-state index contributed by atoms with van der Waals surface area (Å²) in [6.45, 7) is -1.50. The van der Waals surface area contributed by atoms with E-state index in [1.165, 1.54) is 0 Å². The quantitative estimate of drug-likeness (QED) is 0.359. The molecule has 8 nitrogen and oxygen atoms in total. The van der Waals surface area contributed by atoms with E-state index in [1.807, 2.05) is 0 Å². The van der Waals surface area contributed by atoms with Crippen LogP contribution in [0, 0.1) is 0 Å². The fraction of sp³-hybridized carbons (Fsp3) is 0.273. The molecule has 0 saturated heterocycles. The number of rotatable bonds is 10. The van der Waals surface area contributed by atoms with Crippen molar-refractivity contribution in [3.63, 3.8) is 0 Å². The third kappa shape index (κ3) is 5.55.